The summed E-state index contributed by atoms with van der Waals surface area (Å²) in [4.78, 5) is -0.688. The fraction of sp³-hybridized carbons (Fsp3) is 0.294. The molecule has 27 heavy (non-hydrogen) atoms. The maximum Gasteiger partial charge on any atom is 0.460 e. The molecule has 0 aliphatic rings. The first-order chi connectivity index (χ1) is 12.2. The number of benzene rings is 2. The van der Waals surface area contributed by atoms with Crippen LogP contribution in [0.15, 0.2) is 35.2 Å². The summed E-state index contributed by atoms with van der Waals surface area (Å²) < 4.78 is 118. The lowest BCUT2D eigenvalue weighted by Gasteiger charge is -2.28. The molecule has 0 saturated carbocycles. The Morgan fingerprint density at radius 2 is 1.41 bits per heavy atom. The van der Waals surface area contributed by atoms with Gasteiger partial charge in [0.1, 0.15) is 11.6 Å². The predicted molar refractivity (Wildman–Crippen MR) is 83.1 cm³/mol. The van der Waals surface area contributed by atoms with Crippen molar-refractivity contribution < 1.29 is 39.5 Å². The molecule has 0 nitrogen and oxygen atoms in total. The summed E-state index contributed by atoms with van der Waals surface area (Å²) in [6.45, 7) is 2.75. The Morgan fingerprint density at radius 3 is 1.93 bits per heavy atom. The lowest BCUT2D eigenvalue weighted by atomic mass is 9.98. The lowest BCUT2D eigenvalue weighted by Crippen LogP contribution is -2.49. The van der Waals surface area contributed by atoms with E-state index in [1.54, 1.807) is 0 Å². The molecule has 148 valence electrons. The standard InChI is InChI=1S/C17H11F9S/c1-8-5-9(2)14(11-4-3-10(18)7-12(11)19)13(6-8)27-17(25,26)15(20,21)16(22,23)24/h3-7H,1-2H3. The number of rotatable bonds is 4. The van der Waals surface area contributed by atoms with Crippen LogP contribution in [0, 0.1) is 25.5 Å². The average Bonchev–Trinajstić information content (AvgIpc) is 2.46. The van der Waals surface area contributed by atoms with Crippen LogP contribution in [0.2, 0.25) is 0 Å². The van der Waals surface area contributed by atoms with Gasteiger partial charge in [0, 0.05) is 22.1 Å². The van der Waals surface area contributed by atoms with Crippen LogP contribution in [0.5, 0.6) is 0 Å². The number of aryl methyl sites for hydroxylation is 2. The molecule has 0 aliphatic carbocycles. The molecule has 0 unspecified atom stereocenters. The van der Waals surface area contributed by atoms with Crippen LogP contribution in [-0.4, -0.2) is 17.4 Å². The number of hydrogen-bond donors (Lipinski definition) is 0. The molecular formula is C17H11F9S. The van der Waals surface area contributed by atoms with E-state index in [4.69, 9.17) is 0 Å². The average molecular weight is 418 g/mol. The highest BCUT2D eigenvalue weighted by molar-refractivity contribution is 8.00. The highest BCUT2D eigenvalue weighted by Gasteiger charge is 2.73. The van der Waals surface area contributed by atoms with Crippen LogP contribution in [0.1, 0.15) is 11.1 Å². The summed E-state index contributed by atoms with van der Waals surface area (Å²) in [6.07, 6.45) is -6.48. The SMILES string of the molecule is Cc1cc(C)c(-c2ccc(F)cc2F)c(SC(F)(F)C(F)(F)C(F)(F)F)c1. The van der Waals surface area contributed by atoms with Crippen molar-refractivity contribution >= 4 is 11.8 Å². The molecule has 2 rings (SSSR count). The van der Waals surface area contributed by atoms with Crippen molar-refractivity contribution in [2.24, 2.45) is 0 Å². The largest absolute Gasteiger partial charge is 0.460 e. The van der Waals surface area contributed by atoms with Crippen LogP contribution in [0.3, 0.4) is 0 Å². The van der Waals surface area contributed by atoms with Gasteiger partial charge in [0.15, 0.2) is 0 Å². The fourth-order valence-corrected chi connectivity index (χ4v) is 3.55. The minimum Gasteiger partial charge on any atom is -0.207 e. The highest BCUT2D eigenvalue weighted by atomic mass is 32.2. The molecule has 0 spiro atoms. The van der Waals surface area contributed by atoms with Gasteiger partial charge in [-0.1, -0.05) is 6.07 Å². The zero-order chi connectivity index (χ0) is 20.8. The van der Waals surface area contributed by atoms with Gasteiger partial charge in [0.25, 0.3) is 0 Å². The van der Waals surface area contributed by atoms with Crippen molar-refractivity contribution in [3.05, 3.63) is 53.1 Å². The maximum absolute atomic E-state index is 14.1. The van der Waals surface area contributed by atoms with Crippen LogP contribution in [0.4, 0.5) is 39.5 Å². The molecule has 0 radical (unpaired) electrons. The Labute approximate surface area is 152 Å². The summed E-state index contributed by atoms with van der Waals surface area (Å²) in [5.41, 5.74) is -0.287. The monoisotopic (exact) mass is 418 g/mol. The van der Waals surface area contributed by atoms with Gasteiger partial charge in [-0.25, -0.2) is 8.78 Å². The van der Waals surface area contributed by atoms with Crippen LogP contribution in [0.25, 0.3) is 11.1 Å². The van der Waals surface area contributed by atoms with Crippen molar-refractivity contribution in [3.8, 4) is 11.1 Å². The quantitative estimate of drug-likeness (QED) is 0.376. The van der Waals surface area contributed by atoms with Crippen LogP contribution < -0.4 is 0 Å². The van der Waals surface area contributed by atoms with Gasteiger partial charge in [0.2, 0.25) is 0 Å². The third kappa shape index (κ3) is 4.04. The Hall–Kier alpha value is -1.84. The Morgan fingerprint density at radius 1 is 0.815 bits per heavy atom. The Bertz CT molecular complexity index is 856. The van der Waals surface area contributed by atoms with E-state index in [1.165, 1.54) is 19.9 Å². The molecule has 0 bridgehead atoms. The summed E-state index contributed by atoms with van der Waals surface area (Å²) >= 11 is -1.02. The molecule has 0 aliphatic heterocycles. The van der Waals surface area contributed by atoms with E-state index < -0.39 is 51.2 Å². The third-order valence-electron chi connectivity index (χ3n) is 3.60. The third-order valence-corrected chi connectivity index (χ3v) is 4.66. The second-order valence-corrected chi connectivity index (χ2v) is 6.93. The topological polar surface area (TPSA) is 0 Å². The van der Waals surface area contributed by atoms with E-state index in [-0.39, 0.29) is 16.7 Å². The van der Waals surface area contributed by atoms with Crippen LogP contribution >= 0.6 is 11.8 Å². The molecular weight excluding hydrogens is 407 g/mol. The van der Waals surface area contributed by atoms with Crippen molar-refractivity contribution in [1.29, 1.82) is 0 Å². The molecule has 0 aromatic heterocycles. The molecule has 0 amide bonds. The van der Waals surface area contributed by atoms with Crippen molar-refractivity contribution in [2.75, 3.05) is 0 Å². The van der Waals surface area contributed by atoms with E-state index in [1.807, 2.05) is 0 Å². The predicted octanol–water partition coefficient (Wildman–Crippen LogP) is 7.13. The normalized spacial score (nSPS) is 13.1. The number of thioether (sulfide) groups is 1. The van der Waals surface area contributed by atoms with E-state index in [9.17, 15) is 39.5 Å². The molecule has 0 saturated heterocycles. The first-order valence-corrected chi connectivity index (χ1v) is 8.07. The van der Waals surface area contributed by atoms with Gasteiger partial charge in [0.05, 0.1) is 0 Å². The molecule has 0 heterocycles. The molecule has 0 atom stereocenters. The minimum absolute atomic E-state index is 0.147. The van der Waals surface area contributed by atoms with Gasteiger partial charge in [-0.2, -0.15) is 30.7 Å². The maximum atomic E-state index is 14.1. The summed E-state index contributed by atoms with van der Waals surface area (Å²) in [5, 5.41) is -5.56. The lowest BCUT2D eigenvalue weighted by molar-refractivity contribution is -0.330. The van der Waals surface area contributed by atoms with E-state index in [0.29, 0.717) is 6.07 Å². The molecule has 10 heteroatoms. The number of hydrogen-bond acceptors (Lipinski definition) is 1. The Kier molecular flexibility index (Phi) is 5.53. The summed E-state index contributed by atoms with van der Waals surface area (Å²) in [6, 6.07) is 4.50. The molecule has 0 N–H and O–H groups in total. The van der Waals surface area contributed by atoms with E-state index in [2.05, 4.69) is 0 Å². The first-order valence-electron chi connectivity index (χ1n) is 7.25. The van der Waals surface area contributed by atoms with Crippen molar-refractivity contribution in [1.82, 2.24) is 0 Å². The number of halogens is 9. The van der Waals surface area contributed by atoms with Gasteiger partial charge in [-0.3, -0.25) is 0 Å². The van der Waals surface area contributed by atoms with Gasteiger partial charge < -0.3 is 0 Å². The number of alkyl halides is 7. The molecule has 2 aromatic rings. The zero-order valence-electron chi connectivity index (χ0n) is 13.7. The smallest absolute Gasteiger partial charge is 0.207 e. The van der Waals surface area contributed by atoms with Gasteiger partial charge in [-0.15, -0.1) is 0 Å². The zero-order valence-corrected chi connectivity index (χ0v) is 14.5. The second kappa shape index (κ2) is 6.96. The fourth-order valence-electron chi connectivity index (χ4n) is 2.41. The first kappa shape index (κ1) is 21.5. The second-order valence-electron chi connectivity index (χ2n) is 5.77. The van der Waals surface area contributed by atoms with Crippen molar-refractivity contribution in [2.45, 2.75) is 36.1 Å². The Balaban J connectivity index is 2.64. The summed E-state index contributed by atoms with van der Waals surface area (Å²) in [7, 11) is 0. The molecule has 0 fully saturated rings. The summed E-state index contributed by atoms with van der Waals surface area (Å²) in [5.74, 6) is -8.46. The van der Waals surface area contributed by atoms with Crippen LogP contribution in [-0.2, 0) is 0 Å². The van der Waals surface area contributed by atoms with E-state index >= 15 is 0 Å². The van der Waals surface area contributed by atoms with Crippen molar-refractivity contribution in [3.63, 3.8) is 0 Å². The van der Waals surface area contributed by atoms with Gasteiger partial charge >= 0.3 is 17.4 Å². The van der Waals surface area contributed by atoms with E-state index in [0.717, 1.165) is 18.2 Å². The highest BCUT2D eigenvalue weighted by Crippen LogP contribution is 2.55. The van der Waals surface area contributed by atoms with Gasteiger partial charge in [-0.05, 0) is 54.9 Å². The molecule has 2 aromatic carbocycles. The minimum atomic E-state index is -6.48.